The van der Waals surface area contributed by atoms with Crippen LogP contribution in [0.3, 0.4) is 0 Å². The van der Waals surface area contributed by atoms with Crippen LogP contribution in [0.1, 0.15) is 39.4 Å². The van der Waals surface area contributed by atoms with Gasteiger partial charge in [-0.1, -0.05) is 53.6 Å². The Hall–Kier alpha value is -4.30. The van der Waals surface area contributed by atoms with Crippen LogP contribution in [0.25, 0.3) is 16.7 Å². The summed E-state index contributed by atoms with van der Waals surface area (Å²) in [5, 5.41) is 6.12. The number of aryl methyl sites for hydroxylation is 2. The monoisotopic (exact) mass is 568 g/mol. The van der Waals surface area contributed by atoms with Gasteiger partial charge in [0.15, 0.2) is 5.65 Å². The minimum atomic E-state index is -0.308. The van der Waals surface area contributed by atoms with Crippen molar-refractivity contribution in [3.05, 3.63) is 112 Å². The second-order valence-corrected chi connectivity index (χ2v) is 10.8. The summed E-state index contributed by atoms with van der Waals surface area (Å²) >= 11 is 6.34. The van der Waals surface area contributed by atoms with Gasteiger partial charge in [0, 0.05) is 32.6 Å². The van der Waals surface area contributed by atoms with Gasteiger partial charge in [-0.15, -0.1) is 0 Å². The predicted molar refractivity (Wildman–Crippen MR) is 160 cm³/mol. The molecule has 3 aromatic carbocycles. The van der Waals surface area contributed by atoms with E-state index in [2.05, 4.69) is 36.1 Å². The lowest BCUT2D eigenvalue weighted by Gasteiger charge is -2.24. The SMILES string of the molecule is Cc1ccc(Cc2nc(N3CCCN(C(=O)c4ccccc4Cl)CC3)c3c(C)nn(-c4ccc(F)cc4)c3n2)cc1. The molecule has 6 rings (SSSR count). The van der Waals surface area contributed by atoms with Gasteiger partial charge in [-0.3, -0.25) is 4.79 Å². The second kappa shape index (κ2) is 11.3. The van der Waals surface area contributed by atoms with E-state index in [1.807, 2.05) is 24.0 Å². The zero-order valence-electron chi connectivity index (χ0n) is 23.0. The highest BCUT2D eigenvalue weighted by Gasteiger charge is 2.26. The molecule has 2 aromatic heterocycles. The Morgan fingerprint density at radius 1 is 0.902 bits per heavy atom. The molecule has 5 aromatic rings. The van der Waals surface area contributed by atoms with E-state index in [-0.39, 0.29) is 11.7 Å². The highest BCUT2D eigenvalue weighted by molar-refractivity contribution is 6.33. The Morgan fingerprint density at radius 3 is 2.41 bits per heavy atom. The summed E-state index contributed by atoms with van der Waals surface area (Å²) in [7, 11) is 0. The molecule has 0 N–H and O–H groups in total. The van der Waals surface area contributed by atoms with E-state index in [1.165, 1.54) is 17.7 Å². The molecule has 41 heavy (non-hydrogen) atoms. The van der Waals surface area contributed by atoms with E-state index in [4.69, 9.17) is 26.7 Å². The van der Waals surface area contributed by atoms with Gasteiger partial charge in [0.25, 0.3) is 5.91 Å². The van der Waals surface area contributed by atoms with E-state index < -0.39 is 0 Å². The van der Waals surface area contributed by atoms with Crippen molar-refractivity contribution in [2.75, 3.05) is 31.1 Å². The van der Waals surface area contributed by atoms with E-state index in [1.54, 1.807) is 28.9 Å². The maximum absolute atomic E-state index is 13.7. The smallest absolute Gasteiger partial charge is 0.255 e. The number of fused-ring (bicyclic) bond motifs is 1. The van der Waals surface area contributed by atoms with Crippen LogP contribution in [0.2, 0.25) is 5.02 Å². The average molecular weight is 569 g/mol. The van der Waals surface area contributed by atoms with Crippen LogP contribution < -0.4 is 4.90 Å². The molecule has 7 nitrogen and oxygen atoms in total. The summed E-state index contributed by atoms with van der Waals surface area (Å²) in [4.78, 5) is 27.5. The van der Waals surface area contributed by atoms with Gasteiger partial charge >= 0.3 is 0 Å². The maximum Gasteiger partial charge on any atom is 0.255 e. The minimum Gasteiger partial charge on any atom is -0.354 e. The van der Waals surface area contributed by atoms with Crippen LogP contribution in [0.5, 0.6) is 0 Å². The summed E-state index contributed by atoms with van der Waals surface area (Å²) in [6, 6.07) is 21.8. The molecule has 1 aliphatic heterocycles. The van der Waals surface area contributed by atoms with Crippen LogP contribution in [0.4, 0.5) is 10.2 Å². The van der Waals surface area contributed by atoms with Crippen LogP contribution in [0, 0.1) is 19.7 Å². The Kier molecular flexibility index (Phi) is 7.41. The summed E-state index contributed by atoms with van der Waals surface area (Å²) in [5.74, 6) is 1.10. The first-order chi connectivity index (χ1) is 19.9. The van der Waals surface area contributed by atoms with Crippen molar-refractivity contribution in [2.45, 2.75) is 26.7 Å². The molecule has 0 saturated carbocycles. The Morgan fingerprint density at radius 2 is 1.66 bits per heavy atom. The largest absolute Gasteiger partial charge is 0.354 e. The minimum absolute atomic E-state index is 0.0642. The second-order valence-electron chi connectivity index (χ2n) is 10.4. The molecule has 208 valence electrons. The van der Waals surface area contributed by atoms with Gasteiger partial charge < -0.3 is 9.80 Å². The molecule has 0 unspecified atom stereocenters. The van der Waals surface area contributed by atoms with Gasteiger partial charge in [0.2, 0.25) is 0 Å². The number of halogens is 2. The number of benzene rings is 3. The van der Waals surface area contributed by atoms with Gasteiger partial charge in [-0.25, -0.2) is 19.0 Å². The van der Waals surface area contributed by atoms with Crippen LogP contribution in [-0.2, 0) is 6.42 Å². The topological polar surface area (TPSA) is 67.2 Å². The molecule has 1 fully saturated rings. The number of aromatic nitrogens is 4. The highest BCUT2D eigenvalue weighted by atomic mass is 35.5. The fourth-order valence-corrected chi connectivity index (χ4v) is 5.52. The summed E-state index contributed by atoms with van der Waals surface area (Å²) in [6.45, 7) is 6.50. The summed E-state index contributed by atoms with van der Waals surface area (Å²) < 4.78 is 15.5. The fraction of sp³-hybridized carbons (Fsp3) is 0.250. The number of hydrogen-bond acceptors (Lipinski definition) is 5. The van der Waals surface area contributed by atoms with Crippen molar-refractivity contribution < 1.29 is 9.18 Å². The van der Waals surface area contributed by atoms with Crippen LogP contribution >= 0.6 is 11.6 Å². The number of carbonyl (C=O) groups is 1. The van der Waals surface area contributed by atoms with Crippen molar-refractivity contribution in [2.24, 2.45) is 0 Å². The molecule has 0 radical (unpaired) electrons. The van der Waals surface area contributed by atoms with Gasteiger partial charge in [-0.2, -0.15) is 5.10 Å². The third-order valence-corrected chi connectivity index (χ3v) is 7.80. The third-order valence-electron chi connectivity index (χ3n) is 7.47. The van der Waals surface area contributed by atoms with Crippen molar-refractivity contribution >= 4 is 34.4 Å². The standard InChI is InChI=1S/C32H30ClFN6O/c1-21-8-10-23(11-9-21)20-28-35-30(29-22(2)37-40(31(29)36-28)25-14-12-24(34)13-15-25)38-16-5-17-39(19-18-38)32(41)26-6-3-4-7-27(26)33/h3-4,6-15H,5,16-20H2,1-2H3. The van der Waals surface area contributed by atoms with Crippen molar-refractivity contribution in [3.8, 4) is 5.69 Å². The Labute approximate surface area is 243 Å². The lowest BCUT2D eigenvalue weighted by Crippen LogP contribution is -2.35. The van der Waals surface area contributed by atoms with E-state index in [9.17, 15) is 9.18 Å². The molecule has 3 heterocycles. The van der Waals surface area contributed by atoms with Crippen molar-refractivity contribution in [3.63, 3.8) is 0 Å². The zero-order valence-corrected chi connectivity index (χ0v) is 23.8. The molecular formula is C32H30ClFN6O. The molecular weight excluding hydrogens is 539 g/mol. The number of rotatable bonds is 5. The number of anilines is 1. The van der Waals surface area contributed by atoms with Crippen molar-refractivity contribution in [1.29, 1.82) is 0 Å². The number of hydrogen-bond donors (Lipinski definition) is 0. The molecule has 1 aliphatic rings. The normalized spacial score (nSPS) is 14.0. The van der Waals surface area contributed by atoms with E-state index >= 15 is 0 Å². The van der Waals surface area contributed by atoms with Gasteiger partial charge in [0.05, 0.1) is 27.4 Å². The highest BCUT2D eigenvalue weighted by Crippen LogP contribution is 2.31. The molecule has 0 bridgehead atoms. The average Bonchev–Trinajstić information content (AvgIpc) is 3.13. The first-order valence-electron chi connectivity index (χ1n) is 13.7. The quantitative estimate of drug-likeness (QED) is 0.254. The molecule has 0 atom stereocenters. The molecule has 9 heteroatoms. The van der Waals surface area contributed by atoms with E-state index in [0.29, 0.717) is 48.1 Å². The van der Waals surface area contributed by atoms with Gasteiger partial charge in [-0.05, 0) is 62.2 Å². The van der Waals surface area contributed by atoms with Crippen LogP contribution in [-0.4, -0.2) is 56.7 Å². The van der Waals surface area contributed by atoms with Gasteiger partial charge in [0.1, 0.15) is 17.5 Å². The van der Waals surface area contributed by atoms with Crippen molar-refractivity contribution in [1.82, 2.24) is 24.6 Å². The molecule has 1 amide bonds. The van der Waals surface area contributed by atoms with E-state index in [0.717, 1.165) is 41.1 Å². The third kappa shape index (κ3) is 5.52. The van der Waals surface area contributed by atoms with Crippen LogP contribution in [0.15, 0.2) is 72.8 Å². The molecule has 1 saturated heterocycles. The first-order valence-corrected chi connectivity index (χ1v) is 14.1. The zero-order chi connectivity index (χ0) is 28.5. The predicted octanol–water partition coefficient (Wildman–Crippen LogP) is 6.17. The maximum atomic E-state index is 13.7. The first kappa shape index (κ1) is 26.9. The summed E-state index contributed by atoms with van der Waals surface area (Å²) in [5.41, 5.74) is 5.00. The lowest BCUT2D eigenvalue weighted by atomic mass is 10.1. The molecule has 0 spiro atoms. The fourth-order valence-electron chi connectivity index (χ4n) is 5.30. The number of carbonyl (C=O) groups excluding carboxylic acids is 1. The lowest BCUT2D eigenvalue weighted by molar-refractivity contribution is 0.0767. The Balaban J connectivity index is 1.39. The Bertz CT molecular complexity index is 1720. The number of amides is 1. The number of nitrogens with zero attached hydrogens (tertiary/aromatic N) is 6. The summed E-state index contributed by atoms with van der Waals surface area (Å²) in [6.07, 6.45) is 1.34. The molecule has 0 aliphatic carbocycles.